The summed E-state index contributed by atoms with van der Waals surface area (Å²) in [6.45, 7) is 4.97. The summed E-state index contributed by atoms with van der Waals surface area (Å²) in [7, 11) is 4.38. The molecule has 9 rings (SSSR count). The Labute approximate surface area is 280 Å². The standard InChI is InChI=1S/C38H42FN7O2/c1-5-27-31(39)9-6-21-12-26(47)16-28(33(21)27)34-20(2)35-29(17-41-34)36(46-18-24-7-8-25(19-46)42-24)44-37(43-35)48-11-10-45(4)38-22-13-23(38)15-32(40-3)30(38)14-22/h1,6,9,12,16-17,22-25,30,32,40,42,47H,7-8,10-11,13-15,18-19H2,2-4H3. The summed E-state index contributed by atoms with van der Waals surface area (Å²) in [6, 6.07) is 7.97. The summed E-state index contributed by atoms with van der Waals surface area (Å²) in [4.78, 5) is 19.9. The number of fused-ring (bicyclic) bond motifs is 4. The van der Waals surface area contributed by atoms with Crippen molar-refractivity contribution in [3.63, 3.8) is 0 Å². The normalized spacial score (nSPS) is 30.0. The van der Waals surface area contributed by atoms with E-state index in [9.17, 15) is 9.50 Å². The average Bonchev–Trinajstić information content (AvgIpc) is 3.37. The molecule has 3 saturated carbocycles. The lowest BCUT2D eigenvalue weighted by atomic mass is 9.45. The molecule has 2 saturated heterocycles. The molecule has 0 spiro atoms. The first-order chi connectivity index (χ1) is 23.3. The van der Waals surface area contributed by atoms with Gasteiger partial charge in [-0.3, -0.25) is 9.88 Å². The number of hydrogen-bond acceptors (Lipinski definition) is 9. The van der Waals surface area contributed by atoms with E-state index in [2.05, 4.69) is 40.4 Å². The molecule has 4 heterocycles. The molecule has 7 unspecified atom stereocenters. The second kappa shape index (κ2) is 11.0. The lowest BCUT2D eigenvalue weighted by Crippen LogP contribution is -2.74. The number of nitrogens with one attached hydrogen (secondary N) is 2. The smallest absolute Gasteiger partial charge is 0.319 e. The molecule has 5 fully saturated rings. The molecule has 2 bridgehead atoms. The molecule has 2 aliphatic heterocycles. The predicted molar refractivity (Wildman–Crippen MR) is 185 cm³/mol. The van der Waals surface area contributed by atoms with Gasteiger partial charge >= 0.3 is 6.01 Å². The minimum Gasteiger partial charge on any atom is -0.508 e. The van der Waals surface area contributed by atoms with Gasteiger partial charge < -0.3 is 25.4 Å². The molecule has 0 amide bonds. The predicted octanol–water partition coefficient (Wildman–Crippen LogP) is 4.62. The molecular weight excluding hydrogens is 605 g/mol. The monoisotopic (exact) mass is 647 g/mol. The summed E-state index contributed by atoms with van der Waals surface area (Å²) < 4.78 is 21.4. The zero-order valence-electron chi connectivity index (χ0n) is 27.8. The molecule has 2 aromatic heterocycles. The summed E-state index contributed by atoms with van der Waals surface area (Å²) in [5.41, 5.74) is 3.11. The maximum absolute atomic E-state index is 15.0. The van der Waals surface area contributed by atoms with Gasteiger partial charge in [-0.25, -0.2) is 4.39 Å². The van der Waals surface area contributed by atoms with E-state index < -0.39 is 5.82 Å². The quantitative estimate of drug-likeness (QED) is 0.237. The number of pyridine rings is 1. The Morgan fingerprint density at radius 3 is 2.71 bits per heavy atom. The summed E-state index contributed by atoms with van der Waals surface area (Å²) in [5.74, 6) is 5.19. The first-order valence-corrected chi connectivity index (χ1v) is 17.4. The molecule has 48 heavy (non-hydrogen) atoms. The number of phenolic OH excluding ortho intramolecular Hbond substituents is 1. The van der Waals surface area contributed by atoms with Crippen molar-refractivity contribution in [2.45, 2.75) is 62.7 Å². The van der Waals surface area contributed by atoms with E-state index in [-0.39, 0.29) is 11.3 Å². The second-order valence-electron chi connectivity index (χ2n) is 14.8. The Morgan fingerprint density at radius 2 is 1.96 bits per heavy atom. The fraction of sp³-hybridized carbons (Fsp3) is 0.500. The summed E-state index contributed by atoms with van der Waals surface area (Å²) >= 11 is 0. The van der Waals surface area contributed by atoms with E-state index >= 15 is 0 Å². The van der Waals surface area contributed by atoms with E-state index in [1.54, 1.807) is 24.4 Å². The zero-order valence-corrected chi connectivity index (χ0v) is 27.8. The minimum atomic E-state index is -0.488. The van der Waals surface area contributed by atoms with Crippen LogP contribution in [0.1, 0.15) is 43.2 Å². The van der Waals surface area contributed by atoms with Gasteiger partial charge in [-0.15, -0.1) is 6.42 Å². The number of nitrogens with zero attached hydrogens (tertiary/aromatic N) is 5. The number of benzene rings is 2. The number of aromatic nitrogens is 3. The molecular formula is C38H42FN7O2. The molecule has 4 aromatic rings. The van der Waals surface area contributed by atoms with Gasteiger partial charge in [-0.1, -0.05) is 12.0 Å². The van der Waals surface area contributed by atoms with Gasteiger partial charge in [0, 0.05) is 66.0 Å². The number of phenols is 1. The van der Waals surface area contributed by atoms with Gasteiger partial charge in [-0.2, -0.15) is 9.97 Å². The van der Waals surface area contributed by atoms with Crippen molar-refractivity contribution >= 4 is 27.5 Å². The number of rotatable bonds is 8. The number of ether oxygens (including phenoxy) is 1. The van der Waals surface area contributed by atoms with Crippen LogP contribution < -0.4 is 20.3 Å². The van der Waals surface area contributed by atoms with Crippen LogP contribution in [0.3, 0.4) is 0 Å². The number of terminal acetylenes is 1. The van der Waals surface area contributed by atoms with Crippen molar-refractivity contribution in [3.8, 4) is 35.4 Å². The average molecular weight is 648 g/mol. The highest BCUT2D eigenvalue weighted by Gasteiger charge is 2.73. The third-order valence-corrected chi connectivity index (χ3v) is 12.6. The first kappa shape index (κ1) is 30.1. The highest BCUT2D eigenvalue weighted by molar-refractivity contribution is 6.04. The largest absolute Gasteiger partial charge is 0.508 e. The Balaban J connectivity index is 1.09. The van der Waals surface area contributed by atoms with Gasteiger partial charge in [0.15, 0.2) is 0 Å². The van der Waals surface area contributed by atoms with E-state index in [4.69, 9.17) is 26.1 Å². The van der Waals surface area contributed by atoms with Gasteiger partial charge in [0.1, 0.15) is 24.0 Å². The molecule has 9 nitrogen and oxygen atoms in total. The third-order valence-electron chi connectivity index (χ3n) is 12.6. The van der Waals surface area contributed by atoms with Gasteiger partial charge in [0.25, 0.3) is 0 Å². The summed E-state index contributed by atoms with van der Waals surface area (Å²) in [5, 5.41) is 20.0. The topological polar surface area (TPSA) is 98.7 Å². The van der Waals surface area contributed by atoms with Crippen LogP contribution in [0, 0.1) is 42.8 Å². The van der Waals surface area contributed by atoms with Gasteiger partial charge in [0.2, 0.25) is 0 Å². The number of anilines is 1. The van der Waals surface area contributed by atoms with Crippen molar-refractivity contribution in [3.05, 3.63) is 47.4 Å². The van der Waals surface area contributed by atoms with Crippen molar-refractivity contribution in [2.24, 2.45) is 17.8 Å². The molecule has 0 radical (unpaired) electrons. The Hall–Kier alpha value is -4.04. The Morgan fingerprint density at radius 1 is 1.17 bits per heavy atom. The maximum atomic E-state index is 15.0. The maximum Gasteiger partial charge on any atom is 0.319 e. The fourth-order valence-corrected chi connectivity index (χ4v) is 10.5. The van der Waals surface area contributed by atoms with E-state index in [1.165, 1.54) is 25.3 Å². The zero-order chi connectivity index (χ0) is 32.9. The molecule has 3 aliphatic carbocycles. The van der Waals surface area contributed by atoms with E-state index in [1.807, 2.05) is 6.92 Å². The van der Waals surface area contributed by atoms with Gasteiger partial charge in [0.05, 0.1) is 22.2 Å². The van der Waals surface area contributed by atoms with Crippen LogP contribution in [0.5, 0.6) is 11.8 Å². The van der Waals surface area contributed by atoms with Gasteiger partial charge in [-0.05, 0) is 94.5 Å². The number of likely N-dealkylation sites (N-methyl/N-ethyl adjacent to an activating group) is 1. The second-order valence-corrected chi connectivity index (χ2v) is 14.8. The minimum absolute atomic E-state index is 0.0512. The number of piperazine rings is 1. The number of halogens is 1. The number of aryl methyl sites for hydroxylation is 1. The SMILES string of the molecule is C#Cc1c(F)ccc2cc(O)cc(-c3ncc4c(N5CC6CCC(C5)N6)nc(OCCN(C)C56C7CC(NC)C5CC6C7)nc4c3C)c12. The van der Waals surface area contributed by atoms with Crippen LogP contribution in [0.4, 0.5) is 10.2 Å². The van der Waals surface area contributed by atoms with Crippen molar-refractivity contribution in [1.82, 2.24) is 30.5 Å². The van der Waals surface area contributed by atoms with Crippen molar-refractivity contribution in [2.75, 3.05) is 45.2 Å². The molecule has 248 valence electrons. The summed E-state index contributed by atoms with van der Waals surface area (Å²) in [6.07, 6.45) is 13.9. The Bertz CT molecular complexity index is 2000. The van der Waals surface area contributed by atoms with E-state index in [0.29, 0.717) is 64.2 Å². The van der Waals surface area contributed by atoms with Crippen LogP contribution in [0.25, 0.3) is 32.9 Å². The fourth-order valence-electron chi connectivity index (χ4n) is 10.5. The van der Waals surface area contributed by atoms with Crippen LogP contribution in [0.15, 0.2) is 30.5 Å². The first-order valence-electron chi connectivity index (χ1n) is 17.4. The van der Waals surface area contributed by atoms with Crippen molar-refractivity contribution in [1.29, 1.82) is 0 Å². The lowest BCUT2D eigenvalue weighted by molar-refractivity contribution is -0.180. The van der Waals surface area contributed by atoms with Crippen LogP contribution in [-0.2, 0) is 0 Å². The number of aromatic hydroxyl groups is 1. The highest BCUT2D eigenvalue weighted by atomic mass is 19.1. The van der Waals surface area contributed by atoms with Crippen molar-refractivity contribution < 1.29 is 14.2 Å². The molecule has 2 aromatic carbocycles. The Kier molecular flexibility index (Phi) is 6.88. The molecule has 3 N–H and O–H groups in total. The number of hydrogen-bond donors (Lipinski definition) is 3. The molecule has 7 atom stereocenters. The highest BCUT2D eigenvalue weighted by Crippen LogP contribution is 2.70. The molecule has 5 aliphatic rings. The molecule has 10 heteroatoms. The lowest BCUT2D eigenvalue weighted by Gasteiger charge is -2.68. The van der Waals surface area contributed by atoms with Crippen LogP contribution in [0.2, 0.25) is 0 Å². The van der Waals surface area contributed by atoms with E-state index in [0.717, 1.165) is 66.6 Å². The third kappa shape index (κ3) is 4.23. The van der Waals surface area contributed by atoms with Crippen LogP contribution in [-0.4, -0.2) is 89.0 Å². The van der Waals surface area contributed by atoms with Crippen LogP contribution >= 0.6 is 0 Å².